The van der Waals surface area contributed by atoms with E-state index in [1.54, 1.807) is 29.0 Å². The summed E-state index contributed by atoms with van der Waals surface area (Å²) in [6.45, 7) is 2.67. The first kappa shape index (κ1) is 26.0. The van der Waals surface area contributed by atoms with E-state index in [2.05, 4.69) is 28.1 Å². The van der Waals surface area contributed by atoms with Gasteiger partial charge in [-0.2, -0.15) is 5.10 Å². The molecule has 204 valence electrons. The van der Waals surface area contributed by atoms with Crippen molar-refractivity contribution < 1.29 is 17.9 Å². The van der Waals surface area contributed by atoms with Gasteiger partial charge in [-0.05, 0) is 78.1 Å². The summed E-state index contributed by atoms with van der Waals surface area (Å²) < 4.78 is 52.8. The molecule has 2 fully saturated rings. The first-order valence-corrected chi connectivity index (χ1v) is 13.6. The Balaban J connectivity index is 1.33. The summed E-state index contributed by atoms with van der Waals surface area (Å²) >= 11 is 0. The van der Waals surface area contributed by atoms with Gasteiger partial charge in [0.15, 0.2) is 0 Å². The Morgan fingerprint density at radius 2 is 1.82 bits per heavy atom. The Bertz CT molecular complexity index is 1470. The van der Waals surface area contributed by atoms with Gasteiger partial charge >= 0.3 is 0 Å². The van der Waals surface area contributed by atoms with Crippen molar-refractivity contribution in [2.75, 3.05) is 13.2 Å². The summed E-state index contributed by atoms with van der Waals surface area (Å²) in [5.41, 5.74) is 7.30. The van der Waals surface area contributed by atoms with Crippen LogP contribution in [0.3, 0.4) is 0 Å². The Morgan fingerprint density at radius 3 is 2.56 bits per heavy atom. The first-order valence-electron chi connectivity index (χ1n) is 13.6. The molecule has 0 bridgehead atoms. The van der Waals surface area contributed by atoms with Crippen molar-refractivity contribution in [2.45, 2.75) is 63.1 Å². The van der Waals surface area contributed by atoms with Gasteiger partial charge < -0.3 is 10.5 Å². The highest BCUT2D eigenvalue weighted by Crippen LogP contribution is 2.39. The fourth-order valence-electron chi connectivity index (χ4n) is 6.31. The lowest BCUT2D eigenvalue weighted by atomic mass is 9.75. The van der Waals surface area contributed by atoms with Gasteiger partial charge in [-0.3, -0.25) is 4.98 Å². The fourth-order valence-corrected chi connectivity index (χ4v) is 6.31. The van der Waals surface area contributed by atoms with E-state index >= 15 is 13.2 Å². The average molecular weight is 536 g/mol. The molecule has 0 radical (unpaired) electrons. The lowest BCUT2D eigenvalue weighted by Gasteiger charge is -2.32. The molecule has 4 aromatic rings. The Hall–Kier alpha value is -3.30. The zero-order valence-corrected chi connectivity index (χ0v) is 21.9. The van der Waals surface area contributed by atoms with Crippen molar-refractivity contribution in [1.29, 1.82) is 0 Å². The number of benzene rings is 1. The number of nitrogens with zero attached hydrogens (tertiary/aromatic N) is 4. The van der Waals surface area contributed by atoms with Gasteiger partial charge in [-0.15, -0.1) is 0 Å². The molecular weight excluding hydrogens is 503 g/mol. The van der Waals surface area contributed by atoms with Crippen LogP contribution in [-0.4, -0.2) is 38.8 Å². The van der Waals surface area contributed by atoms with E-state index in [0.29, 0.717) is 29.6 Å². The van der Waals surface area contributed by atoms with Crippen LogP contribution in [0.2, 0.25) is 0 Å². The largest absolute Gasteiger partial charge is 0.381 e. The standard InChI is InChI=1S/C30H32F3N5O/c1-18-10-19(12-22(34)11-18)24-4-7-35-16-20(24)13-28-36-17-23-2-3-27(37-38(23)28)29-25(31)14-21(15-26(29)32)30(33)5-8-39-9-6-30/h2-4,7,14-19,22H,5-6,8-13,34H2,1H3/t18-,19+,22-/m0/s1. The van der Waals surface area contributed by atoms with E-state index in [4.69, 9.17) is 10.5 Å². The monoisotopic (exact) mass is 535 g/mol. The number of halogens is 3. The molecule has 0 unspecified atom stereocenters. The molecule has 6 rings (SSSR count). The lowest BCUT2D eigenvalue weighted by molar-refractivity contribution is -0.0117. The van der Waals surface area contributed by atoms with Gasteiger partial charge in [0.2, 0.25) is 0 Å². The molecule has 1 saturated heterocycles. The van der Waals surface area contributed by atoms with Crippen LogP contribution in [-0.2, 0) is 16.8 Å². The van der Waals surface area contributed by atoms with E-state index < -0.39 is 17.3 Å². The summed E-state index contributed by atoms with van der Waals surface area (Å²) in [7, 11) is 0. The third-order valence-electron chi connectivity index (χ3n) is 8.26. The molecule has 39 heavy (non-hydrogen) atoms. The van der Waals surface area contributed by atoms with Crippen molar-refractivity contribution in [2.24, 2.45) is 11.7 Å². The maximum atomic E-state index is 15.4. The highest BCUT2D eigenvalue weighted by atomic mass is 19.1. The quantitative estimate of drug-likeness (QED) is 0.346. The number of pyridine rings is 1. The Morgan fingerprint density at radius 1 is 1.05 bits per heavy atom. The average Bonchev–Trinajstić information content (AvgIpc) is 3.30. The van der Waals surface area contributed by atoms with E-state index in [0.717, 1.165) is 37.0 Å². The molecule has 6 nitrogen and oxygen atoms in total. The molecule has 1 aliphatic heterocycles. The van der Waals surface area contributed by atoms with Gasteiger partial charge in [-0.25, -0.2) is 22.7 Å². The van der Waals surface area contributed by atoms with Crippen LogP contribution in [0.1, 0.15) is 67.5 Å². The molecular formula is C30H32F3N5O. The van der Waals surface area contributed by atoms with Gasteiger partial charge in [0.05, 0.1) is 23.0 Å². The number of alkyl halides is 1. The van der Waals surface area contributed by atoms with Gasteiger partial charge in [0, 0.05) is 50.9 Å². The predicted molar refractivity (Wildman–Crippen MR) is 142 cm³/mol. The maximum absolute atomic E-state index is 15.4. The van der Waals surface area contributed by atoms with Crippen molar-refractivity contribution >= 4 is 5.52 Å². The van der Waals surface area contributed by atoms with Crippen molar-refractivity contribution in [3.63, 3.8) is 0 Å². The SMILES string of the molecule is C[C@@H]1C[C@H](N)C[C@H](c2ccncc2Cc2ncc3ccc(-c4c(F)cc(C5(F)CCOCC5)cc4F)nn23)C1. The summed E-state index contributed by atoms with van der Waals surface area (Å²) in [6, 6.07) is 7.69. The smallest absolute Gasteiger partial charge is 0.140 e. The minimum atomic E-state index is -1.81. The van der Waals surface area contributed by atoms with Crippen LogP contribution in [0.4, 0.5) is 13.2 Å². The van der Waals surface area contributed by atoms with Crippen LogP contribution in [0.25, 0.3) is 16.8 Å². The Labute approximate surface area is 225 Å². The highest BCUT2D eigenvalue weighted by Gasteiger charge is 2.36. The van der Waals surface area contributed by atoms with Crippen molar-refractivity contribution in [3.8, 4) is 11.3 Å². The molecule has 1 aliphatic carbocycles. The number of fused-ring (bicyclic) bond motifs is 1. The summed E-state index contributed by atoms with van der Waals surface area (Å²) in [4.78, 5) is 8.92. The topological polar surface area (TPSA) is 78.3 Å². The van der Waals surface area contributed by atoms with Gasteiger partial charge in [-0.1, -0.05) is 6.92 Å². The molecule has 1 aromatic carbocycles. The number of hydrogen-bond acceptors (Lipinski definition) is 5. The highest BCUT2D eigenvalue weighted by molar-refractivity contribution is 5.63. The van der Waals surface area contributed by atoms with E-state index in [1.807, 2.05) is 6.20 Å². The molecule has 2 aliphatic rings. The molecule has 0 amide bonds. The molecule has 3 aromatic heterocycles. The second kappa shape index (κ2) is 10.4. The van der Waals surface area contributed by atoms with Crippen LogP contribution in [0.5, 0.6) is 0 Å². The maximum Gasteiger partial charge on any atom is 0.140 e. The van der Waals surface area contributed by atoms with E-state index in [-0.39, 0.29) is 48.9 Å². The number of ether oxygens (including phenoxy) is 1. The van der Waals surface area contributed by atoms with Crippen LogP contribution in [0, 0.1) is 17.6 Å². The van der Waals surface area contributed by atoms with Crippen LogP contribution in [0.15, 0.2) is 48.9 Å². The zero-order chi connectivity index (χ0) is 27.1. The lowest BCUT2D eigenvalue weighted by Crippen LogP contribution is -2.31. The predicted octanol–water partition coefficient (Wildman–Crippen LogP) is 5.87. The van der Waals surface area contributed by atoms with E-state index in [9.17, 15) is 0 Å². The van der Waals surface area contributed by atoms with Crippen molar-refractivity contribution in [1.82, 2.24) is 19.6 Å². The minimum absolute atomic E-state index is 0.00481. The molecule has 4 heterocycles. The summed E-state index contributed by atoms with van der Waals surface area (Å²) in [6.07, 6.45) is 8.96. The minimum Gasteiger partial charge on any atom is -0.381 e. The number of nitrogens with two attached hydrogens (primary N) is 1. The third kappa shape index (κ3) is 5.05. The van der Waals surface area contributed by atoms with E-state index in [1.165, 1.54) is 5.56 Å². The van der Waals surface area contributed by atoms with Gasteiger partial charge in [0.25, 0.3) is 0 Å². The number of rotatable bonds is 5. The van der Waals surface area contributed by atoms with Crippen molar-refractivity contribution in [3.05, 3.63) is 83.1 Å². The number of hydrogen-bond donors (Lipinski definition) is 1. The van der Waals surface area contributed by atoms with Crippen LogP contribution < -0.4 is 5.73 Å². The Kier molecular flexibility index (Phi) is 6.89. The molecule has 1 saturated carbocycles. The molecule has 0 spiro atoms. The normalized spacial score (nSPS) is 23.3. The summed E-state index contributed by atoms with van der Waals surface area (Å²) in [5, 5.41) is 4.57. The zero-order valence-electron chi connectivity index (χ0n) is 21.9. The second-order valence-corrected chi connectivity index (χ2v) is 11.1. The fraction of sp³-hybridized carbons (Fsp3) is 0.433. The molecule has 3 atom stereocenters. The first-order chi connectivity index (χ1) is 18.8. The van der Waals surface area contributed by atoms with Gasteiger partial charge in [0.1, 0.15) is 23.1 Å². The summed E-state index contributed by atoms with van der Waals surface area (Å²) in [5.74, 6) is -0.172. The molecule has 2 N–H and O–H groups in total. The van der Waals surface area contributed by atoms with Crippen LogP contribution >= 0.6 is 0 Å². The number of aromatic nitrogens is 4. The third-order valence-corrected chi connectivity index (χ3v) is 8.26. The number of imidazole rings is 1. The molecule has 9 heteroatoms. The second-order valence-electron chi connectivity index (χ2n) is 11.1.